The Bertz CT molecular complexity index is 232. The maximum absolute atomic E-state index is 10.2. The summed E-state index contributed by atoms with van der Waals surface area (Å²) >= 11 is 0. The van der Waals surface area contributed by atoms with E-state index < -0.39 is 24.0 Å². The lowest BCUT2D eigenvalue weighted by Crippen LogP contribution is -2.36. The molecule has 108 valence electrons. The van der Waals surface area contributed by atoms with E-state index in [1.165, 1.54) is 0 Å². The van der Waals surface area contributed by atoms with Crippen molar-refractivity contribution < 1.29 is 19.8 Å². The molecule has 6 heteroatoms. The molecule has 0 spiro atoms. The van der Waals surface area contributed by atoms with Crippen LogP contribution in [-0.4, -0.2) is 34.2 Å². The van der Waals surface area contributed by atoms with Gasteiger partial charge in [-0.3, -0.25) is 9.59 Å². The normalized spacial score (nSPS) is 16.8. The largest absolute Gasteiger partial charge is 0.480 e. The lowest BCUT2D eigenvalue weighted by molar-refractivity contribution is -0.140. The minimum atomic E-state index is -0.913. The van der Waals surface area contributed by atoms with E-state index in [4.69, 9.17) is 21.7 Å². The first-order valence-electron chi connectivity index (χ1n) is 6.15. The van der Waals surface area contributed by atoms with Gasteiger partial charge >= 0.3 is 11.9 Å². The summed E-state index contributed by atoms with van der Waals surface area (Å²) in [5.74, 6) is -1.68. The van der Waals surface area contributed by atoms with Crippen LogP contribution in [0.25, 0.3) is 0 Å². The summed E-state index contributed by atoms with van der Waals surface area (Å²) < 4.78 is 0. The zero-order valence-corrected chi connectivity index (χ0v) is 11.6. The Morgan fingerprint density at radius 1 is 0.889 bits per heavy atom. The van der Waals surface area contributed by atoms with Crippen molar-refractivity contribution in [3.05, 3.63) is 0 Å². The first-order chi connectivity index (χ1) is 8.18. The molecule has 6 N–H and O–H groups in total. The molecule has 2 unspecified atom stereocenters. The van der Waals surface area contributed by atoms with E-state index in [9.17, 15) is 9.59 Å². The van der Waals surface area contributed by atoms with Gasteiger partial charge in [0.25, 0.3) is 0 Å². The van der Waals surface area contributed by atoms with Crippen molar-refractivity contribution in [2.75, 3.05) is 0 Å². The molecule has 0 bridgehead atoms. The summed E-state index contributed by atoms with van der Waals surface area (Å²) in [6.45, 7) is 7.51. The van der Waals surface area contributed by atoms with Crippen LogP contribution in [0.5, 0.6) is 0 Å². The smallest absolute Gasteiger partial charge is 0.320 e. The molecule has 18 heavy (non-hydrogen) atoms. The van der Waals surface area contributed by atoms with Gasteiger partial charge in [0.05, 0.1) is 0 Å². The van der Waals surface area contributed by atoms with Crippen LogP contribution in [0.3, 0.4) is 0 Å². The molecule has 0 aliphatic heterocycles. The van der Waals surface area contributed by atoms with Gasteiger partial charge in [0.15, 0.2) is 0 Å². The molecule has 0 amide bonds. The standard InChI is InChI=1S/2C6H13NO2/c2*1-3-4(2)5(7)6(8)9/h2*4-5H,3,7H2,1-2H3,(H,8,9)/t4-,5-;/m0./s1. The molecule has 6 nitrogen and oxygen atoms in total. The number of nitrogens with two attached hydrogens (primary N) is 2. The highest BCUT2D eigenvalue weighted by molar-refractivity contribution is 5.73. The van der Waals surface area contributed by atoms with Crippen molar-refractivity contribution in [3.63, 3.8) is 0 Å². The molecule has 0 aromatic carbocycles. The van der Waals surface area contributed by atoms with Gasteiger partial charge in [-0.05, 0) is 11.8 Å². The molecule has 4 atom stereocenters. The fourth-order valence-electron chi connectivity index (χ4n) is 0.995. The quantitative estimate of drug-likeness (QED) is 0.563. The van der Waals surface area contributed by atoms with Gasteiger partial charge in [-0.25, -0.2) is 0 Å². The summed E-state index contributed by atoms with van der Waals surface area (Å²) in [4.78, 5) is 20.3. The van der Waals surface area contributed by atoms with Crippen LogP contribution in [0.1, 0.15) is 40.5 Å². The van der Waals surface area contributed by atoms with E-state index in [0.717, 1.165) is 12.8 Å². The molecule has 0 aliphatic carbocycles. The van der Waals surface area contributed by atoms with Gasteiger partial charge in [0.2, 0.25) is 0 Å². The van der Waals surface area contributed by atoms with E-state index >= 15 is 0 Å². The van der Waals surface area contributed by atoms with E-state index in [2.05, 4.69) is 0 Å². The Morgan fingerprint density at radius 2 is 1.11 bits per heavy atom. The molecule has 0 radical (unpaired) electrons. The van der Waals surface area contributed by atoms with Crippen molar-refractivity contribution in [1.29, 1.82) is 0 Å². The van der Waals surface area contributed by atoms with Gasteiger partial charge in [0.1, 0.15) is 12.1 Å². The van der Waals surface area contributed by atoms with Gasteiger partial charge in [-0.1, -0.05) is 40.5 Å². The average molecular weight is 262 g/mol. The summed E-state index contributed by atoms with van der Waals surface area (Å²) in [6.07, 6.45) is 1.63. The van der Waals surface area contributed by atoms with Crippen LogP contribution >= 0.6 is 0 Å². The Hall–Kier alpha value is -1.14. The predicted octanol–water partition coefficient (Wildman–Crippen LogP) is 0.889. The molecule has 0 saturated heterocycles. The molecule has 0 rings (SSSR count). The minimum absolute atomic E-state index is 0.0718. The Kier molecular flexibility index (Phi) is 10.5. The lowest BCUT2D eigenvalue weighted by atomic mass is 10.0. The van der Waals surface area contributed by atoms with Crippen LogP contribution in [0.4, 0.5) is 0 Å². The second kappa shape index (κ2) is 9.85. The third kappa shape index (κ3) is 8.03. The molecule has 0 saturated carbocycles. The second-order valence-electron chi connectivity index (χ2n) is 4.50. The Balaban J connectivity index is 0. The Labute approximate surface area is 108 Å². The lowest BCUT2D eigenvalue weighted by Gasteiger charge is -2.11. The summed E-state index contributed by atoms with van der Waals surface area (Å²) in [7, 11) is 0. The van der Waals surface area contributed by atoms with Crippen LogP contribution < -0.4 is 11.5 Å². The van der Waals surface area contributed by atoms with Gasteiger partial charge in [0, 0.05) is 0 Å². The predicted molar refractivity (Wildman–Crippen MR) is 70.1 cm³/mol. The zero-order valence-electron chi connectivity index (χ0n) is 11.6. The van der Waals surface area contributed by atoms with Gasteiger partial charge < -0.3 is 21.7 Å². The van der Waals surface area contributed by atoms with E-state index in [-0.39, 0.29) is 11.8 Å². The first-order valence-corrected chi connectivity index (χ1v) is 6.15. The molecule has 0 aliphatic rings. The molecule has 0 aromatic rings. The molecular weight excluding hydrogens is 236 g/mol. The van der Waals surface area contributed by atoms with Crippen molar-refractivity contribution >= 4 is 11.9 Å². The number of rotatable bonds is 6. The average Bonchev–Trinajstić information content (AvgIpc) is 2.35. The van der Waals surface area contributed by atoms with Crippen LogP contribution in [0.15, 0.2) is 0 Å². The Morgan fingerprint density at radius 3 is 1.17 bits per heavy atom. The fourth-order valence-corrected chi connectivity index (χ4v) is 0.995. The number of aliphatic carboxylic acids is 2. The highest BCUT2D eigenvalue weighted by atomic mass is 16.4. The monoisotopic (exact) mass is 262 g/mol. The van der Waals surface area contributed by atoms with Crippen molar-refractivity contribution in [1.82, 2.24) is 0 Å². The molecular formula is C12H26N2O4. The number of carboxylic acids is 2. The fraction of sp³-hybridized carbons (Fsp3) is 0.833. The van der Waals surface area contributed by atoms with E-state index in [1.807, 2.05) is 27.7 Å². The van der Waals surface area contributed by atoms with E-state index in [0.29, 0.717) is 0 Å². The van der Waals surface area contributed by atoms with Gasteiger partial charge in [-0.2, -0.15) is 0 Å². The zero-order chi connectivity index (χ0) is 14.9. The van der Waals surface area contributed by atoms with Crippen LogP contribution in [0.2, 0.25) is 0 Å². The minimum Gasteiger partial charge on any atom is -0.480 e. The molecule has 0 aromatic heterocycles. The number of hydrogen-bond acceptors (Lipinski definition) is 4. The van der Waals surface area contributed by atoms with Crippen LogP contribution in [-0.2, 0) is 9.59 Å². The SMILES string of the molecule is CCC(C)C(N)C(=O)O.CC[C@H](C)[C@H](N)C(=O)O. The topological polar surface area (TPSA) is 127 Å². The third-order valence-corrected chi connectivity index (χ3v) is 3.08. The van der Waals surface area contributed by atoms with E-state index in [1.54, 1.807) is 0 Å². The van der Waals surface area contributed by atoms with Crippen molar-refractivity contribution in [2.45, 2.75) is 52.6 Å². The van der Waals surface area contributed by atoms with Gasteiger partial charge in [-0.15, -0.1) is 0 Å². The molecule has 0 heterocycles. The summed E-state index contributed by atoms with van der Waals surface area (Å²) in [5, 5.41) is 16.7. The number of carbonyl (C=O) groups is 2. The summed E-state index contributed by atoms with van der Waals surface area (Å²) in [5.41, 5.74) is 10.5. The highest BCUT2D eigenvalue weighted by Gasteiger charge is 2.17. The summed E-state index contributed by atoms with van der Waals surface area (Å²) in [6, 6.07) is -1.40. The number of carboxylic acid groups (broad SMARTS) is 2. The second-order valence-corrected chi connectivity index (χ2v) is 4.50. The third-order valence-electron chi connectivity index (χ3n) is 3.08. The number of hydrogen-bond donors (Lipinski definition) is 4. The first kappa shape index (κ1) is 19.2. The van der Waals surface area contributed by atoms with Crippen LogP contribution in [0, 0.1) is 11.8 Å². The van der Waals surface area contributed by atoms with Crippen molar-refractivity contribution in [2.24, 2.45) is 23.3 Å². The maximum atomic E-state index is 10.2. The highest BCUT2D eigenvalue weighted by Crippen LogP contribution is 2.04. The molecule has 0 fully saturated rings. The van der Waals surface area contributed by atoms with Crippen molar-refractivity contribution in [3.8, 4) is 0 Å². The maximum Gasteiger partial charge on any atom is 0.320 e.